The predicted octanol–water partition coefficient (Wildman–Crippen LogP) is 4.07. The van der Waals surface area contributed by atoms with E-state index in [1.54, 1.807) is 0 Å². The Morgan fingerprint density at radius 3 is 2.28 bits per heavy atom. The van der Waals surface area contributed by atoms with Crippen LogP contribution in [0.15, 0.2) is 18.2 Å². The second-order valence-electron chi connectivity index (χ2n) is 4.73. The molecule has 1 aliphatic rings. The first-order valence-corrected chi connectivity index (χ1v) is 5.94. The van der Waals surface area contributed by atoms with E-state index in [9.17, 15) is 22.7 Å². The zero-order valence-electron chi connectivity index (χ0n) is 9.67. The fraction of sp³-hybridized carbons (Fsp3) is 0.538. The van der Waals surface area contributed by atoms with Crippen molar-refractivity contribution in [2.45, 2.75) is 38.0 Å². The summed E-state index contributed by atoms with van der Waals surface area (Å²) in [6.45, 7) is 0. The van der Waals surface area contributed by atoms with Crippen molar-refractivity contribution in [1.29, 1.82) is 0 Å². The molecule has 1 unspecified atom stereocenters. The van der Waals surface area contributed by atoms with Crippen LogP contribution in [0.5, 0.6) is 0 Å². The van der Waals surface area contributed by atoms with E-state index in [0.29, 0.717) is 6.07 Å². The van der Waals surface area contributed by atoms with E-state index in [0.717, 1.165) is 37.8 Å². The van der Waals surface area contributed by atoms with E-state index >= 15 is 0 Å². The van der Waals surface area contributed by atoms with Crippen LogP contribution in [0.4, 0.5) is 17.6 Å². The average Bonchev–Trinajstić information content (AvgIpc) is 2.79. The lowest BCUT2D eigenvalue weighted by molar-refractivity contribution is -0.140. The van der Waals surface area contributed by atoms with Crippen LogP contribution in [-0.4, -0.2) is 5.11 Å². The second-order valence-corrected chi connectivity index (χ2v) is 4.73. The molecule has 18 heavy (non-hydrogen) atoms. The third-order valence-corrected chi connectivity index (χ3v) is 3.49. The molecule has 1 aliphatic carbocycles. The number of benzene rings is 1. The van der Waals surface area contributed by atoms with Crippen molar-refractivity contribution in [3.63, 3.8) is 0 Å². The minimum absolute atomic E-state index is 0.0288. The largest absolute Gasteiger partial charge is 0.419 e. The fourth-order valence-electron chi connectivity index (χ4n) is 2.49. The quantitative estimate of drug-likeness (QED) is 0.796. The highest BCUT2D eigenvalue weighted by atomic mass is 19.4. The van der Waals surface area contributed by atoms with Crippen LogP contribution in [0.25, 0.3) is 0 Å². The highest BCUT2D eigenvalue weighted by Gasteiger charge is 2.34. The van der Waals surface area contributed by atoms with E-state index in [4.69, 9.17) is 0 Å². The molecule has 1 N–H and O–H groups in total. The Kier molecular flexibility index (Phi) is 3.61. The molecule has 1 aromatic rings. The molecule has 0 saturated heterocycles. The summed E-state index contributed by atoms with van der Waals surface area (Å²) in [6, 6.07) is 2.66. The summed E-state index contributed by atoms with van der Waals surface area (Å²) in [5, 5.41) is 9.99. The topological polar surface area (TPSA) is 20.2 Å². The zero-order chi connectivity index (χ0) is 13.3. The molecule has 100 valence electrons. The van der Waals surface area contributed by atoms with Gasteiger partial charge in [0.25, 0.3) is 0 Å². The molecule has 0 aromatic heterocycles. The molecule has 1 aromatic carbocycles. The number of hydrogen-bond acceptors (Lipinski definition) is 1. The number of alkyl halides is 3. The third kappa shape index (κ3) is 2.66. The van der Waals surface area contributed by atoms with Crippen LogP contribution in [0.3, 0.4) is 0 Å². The lowest BCUT2D eigenvalue weighted by atomic mass is 9.93. The Labute approximate surface area is 102 Å². The summed E-state index contributed by atoms with van der Waals surface area (Å²) >= 11 is 0. The highest BCUT2D eigenvalue weighted by Crippen LogP contribution is 2.37. The normalized spacial score (nSPS) is 19.2. The molecule has 0 radical (unpaired) electrons. The maximum atomic E-state index is 13.4. The smallest absolute Gasteiger partial charge is 0.388 e. The summed E-state index contributed by atoms with van der Waals surface area (Å²) in [5.41, 5.74) is -1.06. The number of aliphatic hydroxyl groups excluding tert-OH is 1. The standard InChI is InChI=1S/C13H14F4O/c14-11-7-9(5-6-10(11)13(15,16)17)12(18)8-3-1-2-4-8/h5-8,12,18H,1-4H2. The summed E-state index contributed by atoms with van der Waals surface area (Å²) in [7, 11) is 0. The first kappa shape index (κ1) is 13.3. The van der Waals surface area contributed by atoms with E-state index in [1.165, 1.54) is 0 Å². The van der Waals surface area contributed by atoms with Gasteiger partial charge in [0.1, 0.15) is 5.82 Å². The predicted molar refractivity (Wildman–Crippen MR) is 58.3 cm³/mol. The molecule has 0 bridgehead atoms. The fourth-order valence-corrected chi connectivity index (χ4v) is 2.49. The second kappa shape index (κ2) is 4.88. The summed E-state index contributed by atoms with van der Waals surface area (Å²) in [5.74, 6) is -1.29. The molecule has 5 heteroatoms. The van der Waals surface area contributed by atoms with Crippen molar-refractivity contribution in [2.75, 3.05) is 0 Å². The molecule has 0 aliphatic heterocycles. The zero-order valence-corrected chi connectivity index (χ0v) is 9.67. The van der Waals surface area contributed by atoms with Crippen molar-refractivity contribution in [1.82, 2.24) is 0 Å². The van der Waals surface area contributed by atoms with Crippen LogP contribution < -0.4 is 0 Å². The molecule has 1 nitrogen and oxygen atoms in total. The number of halogens is 4. The van der Waals surface area contributed by atoms with E-state index in [1.807, 2.05) is 0 Å². The number of rotatable bonds is 2. The van der Waals surface area contributed by atoms with Crippen molar-refractivity contribution >= 4 is 0 Å². The van der Waals surface area contributed by atoms with Crippen LogP contribution in [0, 0.1) is 11.7 Å². The average molecular weight is 262 g/mol. The van der Waals surface area contributed by atoms with Gasteiger partial charge in [-0.15, -0.1) is 0 Å². The van der Waals surface area contributed by atoms with Gasteiger partial charge in [-0.2, -0.15) is 13.2 Å². The lowest BCUT2D eigenvalue weighted by Gasteiger charge is -2.19. The number of hydrogen-bond donors (Lipinski definition) is 1. The Balaban J connectivity index is 2.23. The Bertz CT molecular complexity index is 421. The third-order valence-electron chi connectivity index (χ3n) is 3.49. The molecule has 1 saturated carbocycles. The maximum absolute atomic E-state index is 13.4. The van der Waals surface area contributed by atoms with Gasteiger partial charge in [-0.1, -0.05) is 18.9 Å². The van der Waals surface area contributed by atoms with Crippen LogP contribution in [-0.2, 0) is 6.18 Å². The first-order valence-electron chi connectivity index (χ1n) is 5.94. The first-order chi connectivity index (χ1) is 8.39. The molecular formula is C13H14F4O. The molecule has 0 spiro atoms. The van der Waals surface area contributed by atoms with Crippen LogP contribution in [0.2, 0.25) is 0 Å². The van der Waals surface area contributed by atoms with Gasteiger partial charge in [-0.3, -0.25) is 0 Å². The van der Waals surface area contributed by atoms with E-state index in [2.05, 4.69) is 0 Å². The Hall–Kier alpha value is -1.10. The van der Waals surface area contributed by atoms with Gasteiger partial charge in [-0.25, -0.2) is 4.39 Å². The van der Waals surface area contributed by atoms with Gasteiger partial charge < -0.3 is 5.11 Å². The van der Waals surface area contributed by atoms with Crippen molar-refractivity contribution in [3.8, 4) is 0 Å². The molecular weight excluding hydrogens is 248 g/mol. The van der Waals surface area contributed by atoms with Crippen LogP contribution >= 0.6 is 0 Å². The SMILES string of the molecule is OC(c1ccc(C(F)(F)F)c(F)c1)C1CCCC1. The van der Waals surface area contributed by atoms with E-state index in [-0.39, 0.29) is 11.5 Å². The van der Waals surface area contributed by atoms with Gasteiger partial charge in [0.05, 0.1) is 11.7 Å². The van der Waals surface area contributed by atoms with Gasteiger partial charge in [-0.05, 0) is 36.5 Å². The van der Waals surface area contributed by atoms with Gasteiger partial charge in [0, 0.05) is 0 Å². The summed E-state index contributed by atoms with van der Waals surface area (Å²) < 4.78 is 50.5. The summed E-state index contributed by atoms with van der Waals surface area (Å²) in [4.78, 5) is 0. The summed E-state index contributed by atoms with van der Waals surface area (Å²) in [6.07, 6.45) is -1.88. The highest BCUT2D eigenvalue weighted by molar-refractivity contribution is 5.28. The maximum Gasteiger partial charge on any atom is 0.419 e. The molecule has 1 fully saturated rings. The van der Waals surface area contributed by atoms with Crippen molar-refractivity contribution < 1.29 is 22.7 Å². The van der Waals surface area contributed by atoms with Crippen molar-refractivity contribution in [2.24, 2.45) is 5.92 Å². The molecule has 2 rings (SSSR count). The van der Waals surface area contributed by atoms with Gasteiger partial charge in [0.15, 0.2) is 0 Å². The monoisotopic (exact) mass is 262 g/mol. The Morgan fingerprint density at radius 2 is 1.78 bits per heavy atom. The molecule has 0 heterocycles. The van der Waals surface area contributed by atoms with Gasteiger partial charge >= 0.3 is 6.18 Å². The molecule has 0 amide bonds. The lowest BCUT2D eigenvalue weighted by Crippen LogP contribution is -2.12. The van der Waals surface area contributed by atoms with Gasteiger partial charge in [0.2, 0.25) is 0 Å². The minimum atomic E-state index is -4.69. The van der Waals surface area contributed by atoms with Crippen molar-refractivity contribution in [3.05, 3.63) is 35.1 Å². The van der Waals surface area contributed by atoms with Crippen LogP contribution in [0.1, 0.15) is 42.9 Å². The molecule has 1 atom stereocenters. The Morgan fingerprint density at radius 1 is 1.17 bits per heavy atom. The minimum Gasteiger partial charge on any atom is -0.388 e. The number of aliphatic hydroxyl groups is 1. The van der Waals surface area contributed by atoms with E-state index < -0.39 is 23.7 Å².